The number of amides is 1. The summed E-state index contributed by atoms with van der Waals surface area (Å²) in [5, 5.41) is 13.8. The fourth-order valence-corrected chi connectivity index (χ4v) is 2.76. The van der Waals surface area contributed by atoms with Crippen LogP contribution in [0.15, 0.2) is 29.8 Å². The van der Waals surface area contributed by atoms with Gasteiger partial charge in [0.1, 0.15) is 5.92 Å². The summed E-state index contributed by atoms with van der Waals surface area (Å²) < 4.78 is 0. The van der Waals surface area contributed by atoms with Crippen LogP contribution >= 0.6 is 34.5 Å². The van der Waals surface area contributed by atoms with Crippen LogP contribution in [0.25, 0.3) is 0 Å². The zero-order valence-corrected chi connectivity index (χ0v) is 12.7. The molecule has 106 valence electrons. The number of ketones is 1. The lowest BCUT2D eigenvalue weighted by Gasteiger charge is -2.11. The molecule has 0 radical (unpaired) electrons. The maximum Gasteiger partial charge on any atom is 0.295 e. The van der Waals surface area contributed by atoms with Crippen molar-refractivity contribution in [1.29, 1.82) is 5.26 Å². The second kappa shape index (κ2) is 6.68. The summed E-state index contributed by atoms with van der Waals surface area (Å²) in [5.74, 6) is -3.25. The number of aromatic nitrogens is 1. The number of thiazole rings is 1. The van der Waals surface area contributed by atoms with Gasteiger partial charge in [-0.05, 0) is 12.1 Å². The lowest BCUT2D eigenvalue weighted by Crippen LogP contribution is -2.28. The van der Waals surface area contributed by atoms with E-state index in [0.717, 1.165) is 11.3 Å². The van der Waals surface area contributed by atoms with Crippen molar-refractivity contribution in [2.45, 2.75) is 5.92 Å². The lowest BCUT2D eigenvalue weighted by atomic mass is 9.95. The van der Waals surface area contributed by atoms with Crippen LogP contribution in [-0.2, 0) is 9.59 Å². The minimum atomic E-state index is -1.37. The van der Waals surface area contributed by atoms with Crippen LogP contribution in [0.4, 0.5) is 5.13 Å². The zero-order valence-electron chi connectivity index (χ0n) is 10.3. The molecular formula is C13H7Cl2N3O2S. The first-order valence-corrected chi connectivity index (χ1v) is 7.26. The van der Waals surface area contributed by atoms with Gasteiger partial charge in [0.15, 0.2) is 5.13 Å². The van der Waals surface area contributed by atoms with E-state index in [1.165, 1.54) is 18.3 Å². The van der Waals surface area contributed by atoms with E-state index in [1.54, 1.807) is 17.5 Å². The molecule has 0 spiro atoms. The molecule has 0 fully saturated rings. The van der Waals surface area contributed by atoms with Gasteiger partial charge in [0, 0.05) is 27.2 Å². The van der Waals surface area contributed by atoms with Crippen molar-refractivity contribution in [3.05, 3.63) is 45.4 Å². The molecule has 5 nitrogen and oxygen atoms in total. The van der Waals surface area contributed by atoms with E-state index in [1.807, 2.05) is 0 Å². The molecule has 21 heavy (non-hydrogen) atoms. The highest BCUT2D eigenvalue weighted by Crippen LogP contribution is 2.32. The van der Waals surface area contributed by atoms with E-state index in [-0.39, 0.29) is 20.7 Å². The molecule has 0 saturated heterocycles. The van der Waals surface area contributed by atoms with E-state index in [0.29, 0.717) is 0 Å². The fourth-order valence-electron chi connectivity index (χ4n) is 1.62. The van der Waals surface area contributed by atoms with Crippen LogP contribution in [-0.4, -0.2) is 16.7 Å². The monoisotopic (exact) mass is 339 g/mol. The predicted octanol–water partition coefficient (Wildman–Crippen LogP) is 3.26. The second-order valence-electron chi connectivity index (χ2n) is 3.85. The molecule has 1 atom stereocenters. The highest BCUT2D eigenvalue weighted by atomic mass is 35.5. The van der Waals surface area contributed by atoms with E-state index in [2.05, 4.69) is 10.3 Å². The summed E-state index contributed by atoms with van der Waals surface area (Å²) >= 11 is 13.1. The van der Waals surface area contributed by atoms with Gasteiger partial charge in [0.2, 0.25) is 5.78 Å². The summed E-state index contributed by atoms with van der Waals surface area (Å²) in [6, 6.07) is 6.35. The Labute approximate surface area is 134 Å². The van der Waals surface area contributed by atoms with Crippen LogP contribution in [0, 0.1) is 11.3 Å². The third-order valence-corrected chi connectivity index (χ3v) is 3.90. The summed E-state index contributed by atoms with van der Waals surface area (Å²) in [5.41, 5.74) is 0.127. The molecule has 1 heterocycles. The van der Waals surface area contributed by atoms with Crippen LogP contribution in [0.3, 0.4) is 0 Å². The summed E-state index contributed by atoms with van der Waals surface area (Å²) in [6.45, 7) is 0. The molecule has 0 aliphatic rings. The van der Waals surface area contributed by atoms with Crippen molar-refractivity contribution in [2.75, 3.05) is 5.32 Å². The molecule has 2 rings (SSSR count). The number of nitriles is 1. The Bertz CT molecular complexity index is 705. The number of carbonyl (C=O) groups excluding carboxylic acids is 2. The Morgan fingerprint density at radius 3 is 2.52 bits per heavy atom. The van der Waals surface area contributed by atoms with Crippen molar-refractivity contribution in [1.82, 2.24) is 4.98 Å². The van der Waals surface area contributed by atoms with E-state index >= 15 is 0 Å². The van der Waals surface area contributed by atoms with Crippen molar-refractivity contribution in [3.63, 3.8) is 0 Å². The molecule has 8 heteroatoms. The number of hydrogen-bond donors (Lipinski definition) is 1. The number of nitrogens with zero attached hydrogens (tertiary/aromatic N) is 2. The molecule has 2 aromatic rings. The van der Waals surface area contributed by atoms with E-state index < -0.39 is 17.6 Å². The predicted molar refractivity (Wildman–Crippen MR) is 80.6 cm³/mol. The average Bonchev–Trinajstić information content (AvgIpc) is 2.95. The van der Waals surface area contributed by atoms with Crippen molar-refractivity contribution >= 4 is 51.4 Å². The molecule has 1 aromatic heterocycles. The Kier molecular flexibility index (Phi) is 4.91. The average molecular weight is 340 g/mol. The Balaban J connectivity index is 2.27. The van der Waals surface area contributed by atoms with Crippen LogP contribution in [0.2, 0.25) is 10.0 Å². The van der Waals surface area contributed by atoms with Gasteiger partial charge < -0.3 is 0 Å². The minimum absolute atomic E-state index is 0.127. The van der Waals surface area contributed by atoms with Gasteiger partial charge in [0.25, 0.3) is 5.91 Å². The summed E-state index contributed by atoms with van der Waals surface area (Å²) in [7, 11) is 0. The first kappa shape index (κ1) is 15.4. The Hall–Kier alpha value is -1.94. The van der Waals surface area contributed by atoms with Gasteiger partial charge in [-0.2, -0.15) is 5.26 Å². The SMILES string of the molecule is N#C[C@H](C(=O)C(=O)Nc1nccs1)c1c(Cl)cccc1Cl. The van der Waals surface area contributed by atoms with E-state index in [9.17, 15) is 14.9 Å². The normalized spacial score (nSPS) is 11.5. The molecule has 0 bridgehead atoms. The molecule has 0 saturated carbocycles. The molecule has 1 aromatic carbocycles. The topological polar surface area (TPSA) is 82.8 Å². The maximum atomic E-state index is 12.1. The highest BCUT2D eigenvalue weighted by Gasteiger charge is 2.30. The lowest BCUT2D eigenvalue weighted by molar-refractivity contribution is -0.135. The van der Waals surface area contributed by atoms with Gasteiger partial charge in [-0.15, -0.1) is 11.3 Å². The van der Waals surface area contributed by atoms with Crippen molar-refractivity contribution in [2.24, 2.45) is 0 Å². The van der Waals surface area contributed by atoms with Gasteiger partial charge in [-0.25, -0.2) is 4.98 Å². The van der Waals surface area contributed by atoms with Crippen LogP contribution < -0.4 is 5.32 Å². The van der Waals surface area contributed by atoms with Crippen molar-refractivity contribution < 1.29 is 9.59 Å². The fraction of sp³-hybridized carbons (Fsp3) is 0.0769. The molecule has 0 aliphatic heterocycles. The largest absolute Gasteiger partial charge is 0.295 e. The van der Waals surface area contributed by atoms with Crippen LogP contribution in [0.5, 0.6) is 0 Å². The second-order valence-corrected chi connectivity index (χ2v) is 5.56. The smallest absolute Gasteiger partial charge is 0.295 e. The van der Waals surface area contributed by atoms with Gasteiger partial charge in [-0.3, -0.25) is 14.9 Å². The molecule has 0 unspecified atom stereocenters. The number of hydrogen-bond acceptors (Lipinski definition) is 5. The molecule has 1 N–H and O–H groups in total. The van der Waals surface area contributed by atoms with E-state index in [4.69, 9.17) is 23.2 Å². The number of carbonyl (C=O) groups is 2. The number of halogens is 2. The first-order valence-electron chi connectivity index (χ1n) is 5.62. The van der Waals surface area contributed by atoms with Gasteiger partial charge in [0.05, 0.1) is 6.07 Å². The number of nitrogens with one attached hydrogen (secondary N) is 1. The molecule has 1 amide bonds. The number of Topliss-reactive ketones (excluding diaryl/α,β-unsaturated/α-hetero) is 1. The zero-order chi connectivity index (χ0) is 15.4. The third-order valence-electron chi connectivity index (χ3n) is 2.56. The maximum absolute atomic E-state index is 12.1. The number of benzene rings is 1. The summed E-state index contributed by atoms with van der Waals surface area (Å²) in [6.07, 6.45) is 1.48. The quantitative estimate of drug-likeness (QED) is 0.866. The first-order chi connectivity index (χ1) is 10.0. The number of anilines is 1. The molecular weight excluding hydrogens is 333 g/mol. The minimum Gasteiger partial charge on any atom is -0.295 e. The molecule has 0 aliphatic carbocycles. The number of rotatable bonds is 4. The third kappa shape index (κ3) is 3.39. The highest BCUT2D eigenvalue weighted by molar-refractivity contribution is 7.13. The van der Waals surface area contributed by atoms with Gasteiger partial charge >= 0.3 is 0 Å². The Morgan fingerprint density at radius 1 is 1.33 bits per heavy atom. The standard InChI is InChI=1S/C13H7Cl2N3O2S/c14-8-2-1-3-9(15)10(8)7(6-16)11(19)12(20)18-13-17-4-5-21-13/h1-5,7H,(H,17,18,20)/t7-/m0/s1. The summed E-state index contributed by atoms with van der Waals surface area (Å²) in [4.78, 5) is 27.8. The van der Waals surface area contributed by atoms with Crippen LogP contribution in [0.1, 0.15) is 11.5 Å². The van der Waals surface area contributed by atoms with Crippen molar-refractivity contribution in [3.8, 4) is 6.07 Å². The van der Waals surface area contributed by atoms with Gasteiger partial charge in [-0.1, -0.05) is 29.3 Å². The Morgan fingerprint density at radius 2 is 2.00 bits per heavy atom.